The highest BCUT2D eigenvalue weighted by atomic mass is 16.5. The van der Waals surface area contributed by atoms with Gasteiger partial charge in [0.25, 0.3) is 0 Å². The van der Waals surface area contributed by atoms with Gasteiger partial charge in [-0.3, -0.25) is 10.4 Å². The number of hydrazine groups is 1. The number of anilines is 3. The molecule has 0 aliphatic carbocycles. The van der Waals surface area contributed by atoms with Crippen LogP contribution in [-0.2, 0) is 4.74 Å². The molecule has 0 saturated carbocycles. The minimum Gasteiger partial charge on any atom is -0.378 e. The van der Waals surface area contributed by atoms with Crippen molar-refractivity contribution >= 4 is 28.1 Å². The van der Waals surface area contributed by atoms with Crippen LogP contribution in [0.15, 0.2) is 48.7 Å². The Hall–Kier alpha value is -2.74. The van der Waals surface area contributed by atoms with E-state index in [-0.39, 0.29) is 6.04 Å². The fourth-order valence-corrected chi connectivity index (χ4v) is 4.11. The van der Waals surface area contributed by atoms with E-state index in [1.54, 1.807) is 0 Å². The SMILES string of the molecule is CN(c1ccccc1)c1cc(N2CCOCC2)nc2c(C3CCNN3)nccc12. The number of nitrogens with one attached hydrogen (secondary N) is 2. The van der Waals surface area contributed by atoms with Crippen molar-refractivity contribution < 1.29 is 4.74 Å². The van der Waals surface area contributed by atoms with Crippen LogP contribution in [-0.4, -0.2) is 49.9 Å². The number of hydrogen-bond donors (Lipinski definition) is 2. The molecule has 2 aromatic heterocycles. The van der Waals surface area contributed by atoms with Crippen LogP contribution in [0.25, 0.3) is 10.9 Å². The first-order valence-corrected chi connectivity index (χ1v) is 10.2. The summed E-state index contributed by atoms with van der Waals surface area (Å²) in [7, 11) is 2.11. The zero-order chi connectivity index (χ0) is 19.6. The Morgan fingerprint density at radius 1 is 1.14 bits per heavy atom. The molecule has 2 aliphatic heterocycles. The third-order valence-electron chi connectivity index (χ3n) is 5.72. The third-order valence-corrected chi connectivity index (χ3v) is 5.72. The molecule has 1 atom stereocenters. The fraction of sp³-hybridized carbons (Fsp3) is 0.364. The quantitative estimate of drug-likeness (QED) is 0.710. The molecular weight excluding hydrogens is 364 g/mol. The van der Waals surface area contributed by atoms with Gasteiger partial charge in [0, 0.05) is 50.0 Å². The van der Waals surface area contributed by atoms with Crippen molar-refractivity contribution in [2.24, 2.45) is 0 Å². The highest BCUT2D eigenvalue weighted by Gasteiger charge is 2.24. The minimum absolute atomic E-state index is 0.168. The number of ether oxygens (including phenoxy) is 1. The monoisotopic (exact) mass is 390 g/mol. The Labute approximate surface area is 170 Å². The highest BCUT2D eigenvalue weighted by molar-refractivity contribution is 5.96. The molecule has 4 heterocycles. The number of rotatable bonds is 4. The van der Waals surface area contributed by atoms with Crippen molar-refractivity contribution in [3.05, 3.63) is 54.4 Å². The summed E-state index contributed by atoms with van der Waals surface area (Å²) in [5, 5.41) is 1.12. The van der Waals surface area contributed by atoms with Gasteiger partial charge in [-0.25, -0.2) is 10.4 Å². The molecule has 7 heteroatoms. The molecular formula is C22H26N6O. The lowest BCUT2D eigenvalue weighted by molar-refractivity contribution is 0.122. The number of morpholine rings is 1. The maximum atomic E-state index is 5.55. The van der Waals surface area contributed by atoms with Crippen LogP contribution in [0.5, 0.6) is 0 Å². The second-order valence-corrected chi connectivity index (χ2v) is 7.50. The van der Waals surface area contributed by atoms with Crippen LogP contribution in [0, 0.1) is 0 Å². The Morgan fingerprint density at radius 3 is 2.72 bits per heavy atom. The summed E-state index contributed by atoms with van der Waals surface area (Å²) in [6.07, 6.45) is 2.90. The molecule has 0 amide bonds. The Bertz CT molecular complexity index is 983. The van der Waals surface area contributed by atoms with Gasteiger partial charge >= 0.3 is 0 Å². The van der Waals surface area contributed by atoms with E-state index in [0.717, 1.165) is 73.1 Å². The van der Waals surface area contributed by atoms with E-state index in [0.29, 0.717) is 0 Å². The predicted octanol–water partition coefficient (Wildman–Crippen LogP) is 2.77. The molecule has 5 rings (SSSR count). The van der Waals surface area contributed by atoms with Gasteiger partial charge in [0.2, 0.25) is 0 Å². The maximum Gasteiger partial charge on any atom is 0.131 e. The summed E-state index contributed by atoms with van der Waals surface area (Å²) in [4.78, 5) is 14.4. The van der Waals surface area contributed by atoms with Crippen molar-refractivity contribution in [1.29, 1.82) is 0 Å². The second-order valence-electron chi connectivity index (χ2n) is 7.50. The molecule has 150 valence electrons. The lowest BCUT2D eigenvalue weighted by atomic mass is 10.1. The summed E-state index contributed by atoms with van der Waals surface area (Å²) >= 11 is 0. The molecule has 29 heavy (non-hydrogen) atoms. The zero-order valence-electron chi connectivity index (χ0n) is 16.6. The van der Waals surface area contributed by atoms with Gasteiger partial charge in [0.1, 0.15) is 5.82 Å². The summed E-state index contributed by atoms with van der Waals surface area (Å²) in [6.45, 7) is 4.11. The topological polar surface area (TPSA) is 65.6 Å². The number of pyridine rings is 2. The van der Waals surface area contributed by atoms with Gasteiger partial charge in [-0.05, 0) is 24.6 Å². The molecule has 0 bridgehead atoms. The molecule has 3 aromatic rings. The molecule has 2 N–H and O–H groups in total. The van der Waals surface area contributed by atoms with Crippen LogP contribution in [0.2, 0.25) is 0 Å². The summed E-state index contributed by atoms with van der Waals surface area (Å²) in [5.41, 5.74) is 10.8. The first kappa shape index (κ1) is 18.3. The summed E-state index contributed by atoms with van der Waals surface area (Å²) in [5.74, 6) is 0.985. The van der Waals surface area contributed by atoms with E-state index < -0.39 is 0 Å². The number of nitrogens with zero attached hydrogens (tertiary/aromatic N) is 4. The van der Waals surface area contributed by atoms with Gasteiger partial charge in [-0.1, -0.05) is 18.2 Å². The maximum absolute atomic E-state index is 5.55. The number of benzene rings is 1. The lowest BCUT2D eigenvalue weighted by Gasteiger charge is -2.30. The Kier molecular flexibility index (Phi) is 5.01. The van der Waals surface area contributed by atoms with E-state index >= 15 is 0 Å². The summed E-state index contributed by atoms with van der Waals surface area (Å²) < 4.78 is 5.55. The number of fused-ring (bicyclic) bond motifs is 1. The number of hydrogen-bond acceptors (Lipinski definition) is 7. The molecule has 1 aromatic carbocycles. The Morgan fingerprint density at radius 2 is 1.97 bits per heavy atom. The fourth-order valence-electron chi connectivity index (χ4n) is 4.11. The zero-order valence-corrected chi connectivity index (χ0v) is 16.6. The smallest absolute Gasteiger partial charge is 0.131 e. The average molecular weight is 390 g/mol. The second kappa shape index (κ2) is 7.94. The molecule has 0 spiro atoms. The number of para-hydroxylation sites is 1. The average Bonchev–Trinajstić information content (AvgIpc) is 3.33. The van der Waals surface area contributed by atoms with Crippen molar-refractivity contribution in [3.63, 3.8) is 0 Å². The molecule has 2 fully saturated rings. The van der Waals surface area contributed by atoms with E-state index in [4.69, 9.17) is 14.7 Å². The van der Waals surface area contributed by atoms with Gasteiger partial charge in [0.15, 0.2) is 0 Å². The van der Waals surface area contributed by atoms with Crippen molar-refractivity contribution in [3.8, 4) is 0 Å². The van der Waals surface area contributed by atoms with Crippen molar-refractivity contribution in [2.75, 3.05) is 49.7 Å². The van der Waals surface area contributed by atoms with Gasteiger partial charge < -0.3 is 14.5 Å². The standard InChI is InChI=1S/C22H26N6O/c1-27(16-5-3-2-4-6-16)19-15-20(28-11-13-29-14-12-28)25-21-17(19)7-9-23-22(21)18-8-10-24-26-18/h2-7,9,15,18,24,26H,8,10-14H2,1H3. The molecule has 2 aliphatic rings. The largest absolute Gasteiger partial charge is 0.378 e. The van der Waals surface area contributed by atoms with Crippen LogP contribution in [0.4, 0.5) is 17.2 Å². The third kappa shape index (κ3) is 3.53. The van der Waals surface area contributed by atoms with Crippen molar-refractivity contribution in [1.82, 2.24) is 20.8 Å². The minimum atomic E-state index is 0.168. The predicted molar refractivity (Wildman–Crippen MR) is 116 cm³/mol. The van der Waals surface area contributed by atoms with E-state index in [1.165, 1.54) is 0 Å². The molecule has 1 unspecified atom stereocenters. The van der Waals surface area contributed by atoms with Crippen LogP contribution < -0.4 is 20.7 Å². The van der Waals surface area contributed by atoms with Gasteiger partial charge in [-0.2, -0.15) is 0 Å². The first-order valence-electron chi connectivity index (χ1n) is 10.2. The molecule has 0 radical (unpaired) electrons. The van der Waals surface area contributed by atoms with E-state index in [9.17, 15) is 0 Å². The molecule has 7 nitrogen and oxygen atoms in total. The normalized spacial score (nSPS) is 19.6. The van der Waals surface area contributed by atoms with Gasteiger partial charge in [-0.15, -0.1) is 0 Å². The van der Waals surface area contributed by atoms with E-state index in [1.807, 2.05) is 12.3 Å². The van der Waals surface area contributed by atoms with Crippen LogP contribution >= 0.6 is 0 Å². The number of aromatic nitrogens is 2. The van der Waals surface area contributed by atoms with Crippen LogP contribution in [0.3, 0.4) is 0 Å². The van der Waals surface area contributed by atoms with Crippen LogP contribution in [0.1, 0.15) is 18.2 Å². The van der Waals surface area contributed by atoms with Crippen molar-refractivity contribution in [2.45, 2.75) is 12.5 Å². The van der Waals surface area contributed by atoms with E-state index in [2.05, 4.69) is 64.1 Å². The summed E-state index contributed by atoms with van der Waals surface area (Å²) in [6, 6.07) is 14.9. The Balaban J connectivity index is 1.68. The first-order chi connectivity index (χ1) is 14.3. The lowest BCUT2D eigenvalue weighted by Crippen LogP contribution is -2.37. The van der Waals surface area contributed by atoms with Gasteiger partial charge in [0.05, 0.1) is 36.2 Å². The highest BCUT2D eigenvalue weighted by Crippen LogP contribution is 2.36. The molecule has 2 saturated heterocycles.